The van der Waals surface area contributed by atoms with E-state index in [0.29, 0.717) is 24.8 Å². The lowest BCUT2D eigenvalue weighted by molar-refractivity contribution is 0.251. The van der Waals surface area contributed by atoms with Gasteiger partial charge in [0, 0.05) is 24.9 Å². The molecule has 0 spiro atoms. The molecular formula is C18H19N5O2. The van der Waals surface area contributed by atoms with Gasteiger partial charge in [0.25, 0.3) is 0 Å². The predicted molar refractivity (Wildman–Crippen MR) is 94.4 cm³/mol. The van der Waals surface area contributed by atoms with Crippen molar-refractivity contribution in [2.75, 3.05) is 12.4 Å². The zero-order valence-corrected chi connectivity index (χ0v) is 13.8. The first-order chi connectivity index (χ1) is 12.2. The van der Waals surface area contributed by atoms with Crippen molar-refractivity contribution in [2.45, 2.75) is 13.1 Å². The molecule has 0 aliphatic rings. The minimum Gasteiger partial charge on any atom is -0.481 e. The molecule has 2 N–H and O–H groups in total. The van der Waals surface area contributed by atoms with Gasteiger partial charge in [-0.05, 0) is 17.2 Å². The van der Waals surface area contributed by atoms with Gasteiger partial charge in [-0.3, -0.25) is 5.32 Å². The number of urea groups is 1. The van der Waals surface area contributed by atoms with E-state index in [1.54, 1.807) is 36.3 Å². The SMILES string of the molecule is COc1cc(CNC(=O)Nc2ccnn2Cc2ccccc2)ccn1. The van der Waals surface area contributed by atoms with E-state index >= 15 is 0 Å². The van der Waals surface area contributed by atoms with Gasteiger partial charge in [0.1, 0.15) is 5.82 Å². The van der Waals surface area contributed by atoms with Gasteiger partial charge in [0.2, 0.25) is 5.88 Å². The molecule has 3 rings (SSSR count). The number of benzene rings is 1. The fourth-order valence-electron chi connectivity index (χ4n) is 2.34. The third-order valence-corrected chi connectivity index (χ3v) is 3.59. The molecule has 0 unspecified atom stereocenters. The van der Waals surface area contributed by atoms with E-state index in [1.165, 1.54) is 0 Å². The van der Waals surface area contributed by atoms with E-state index in [9.17, 15) is 4.79 Å². The van der Waals surface area contributed by atoms with E-state index in [2.05, 4.69) is 20.7 Å². The van der Waals surface area contributed by atoms with E-state index in [-0.39, 0.29) is 6.03 Å². The van der Waals surface area contributed by atoms with E-state index in [0.717, 1.165) is 11.1 Å². The summed E-state index contributed by atoms with van der Waals surface area (Å²) >= 11 is 0. The van der Waals surface area contributed by atoms with E-state index < -0.39 is 0 Å². The van der Waals surface area contributed by atoms with Crippen molar-refractivity contribution in [3.8, 4) is 5.88 Å². The summed E-state index contributed by atoms with van der Waals surface area (Å²) in [6, 6.07) is 15.0. The van der Waals surface area contributed by atoms with Gasteiger partial charge in [0.05, 0.1) is 19.9 Å². The minimum atomic E-state index is -0.300. The zero-order chi connectivity index (χ0) is 17.5. The second-order valence-electron chi connectivity index (χ2n) is 5.37. The molecule has 2 amide bonds. The number of nitrogens with one attached hydrogen (secondary N) is 2. The second-order valence-corrected chi connectivity index (χ2v) is 5.37. The molecule has 0 saturated carbocycles. The van der Waals surface area contributed by atoms with Gasteiger partial charge in [-0.2, -0.15) is 5.10 Å². The Bertz CT molecular complexity index is 832. The summed E-state index contributed by atoms with van der Waals surface area (Å²) in [4.78, 5) is 16.2. The van der Waals surface area contributed by atoms with Crippen LogP contribution in [0.3, 0.4) is 0 Å². The predicted octanol–water partition coefficient (Wildman–Crippen LogP) is 2.66. The van der Waals surface area contributed by atoms with Crippen molar-refractivity contribution >= 4 is 11.8 Å². The molecule has 2 aromatic heterocycles. The number of carbonyl (C=O) groups is 1. The minimum absolute atomic E-state index is 0.300. The largest absolute Gasteiger partial charge is 0.481 e. The molecule has 7 nitrogen and oxygen atoms in total. The molecule has 1 aromatic carbocycles. The van der Waals surface area contributed by atoms with Crippen molar-refractivity contribution in [1.82, 2.24) is 20.1 Å². The smallest absolute Gasteiger partial charge is 0.320 e. The molecule has 7 heteroatoms. The molecule has 3 aromatic rings. The molecule has 2 heterocycles. The summed E-state index contributed by atoms with van der Waals surface area (Å²) in [7, 11) is 1.56. The second kappa shape index (κ2) is 7.96. The number of hydrogen-bond acceptors (Lipinski definition) is 4. The van der Waals surface area contributed by atoms with Gasteiger partial charge >= 0.3 is 6.03 Å². The Morgan fingerprint density at radius 1 is 1.12 bits per heavy atom. The highest BCUT2D eigenvalue weighted by atomic mass is 16.5. The Labute approximate surface area is 145 Å². The van der Waals surface area contributed by atoms with Crippen LogP contribution < -0.4 is 15.4 Å². The number of nitrogens with zero attached hydrogens (tertiary/aromatic N) is 3. The van der Waals surface area contributed by atoms with Crippen LogP contribution in [-0.2, 0) is 13.1 Å². The molecule has 0 bridgehead atoms. The van der Waals surface area contributed by atoms with Crippen molar-refractivity contribution in [1.29, 1.82) is 0 Å². The van der Waals surface area contributed by atoms with Gasteiger partial charge in [-0.15, -0.1) is 0 Å². The van der Waals surface area contributed by atoms with Gasteiger partial charge < -0.3 is 10.1 Å². The summed E-state index contributed by atoms with van der Waals surface area (Å²) in [6.45, 7) is 0.961. The van der Waals surface area contributed by atoms with Crippen LogP contribution in [0.15, 0.2) is 60.9 Å². The highest BCUT2D eigenvalue weighted by molar-refractivity contribution is 5.88. The lowest BCUT2D eigenvalue weighted by atomic mass is 10.2. The monoisotopic (exact) mass is 337 g/mol. The molecular weight excluding hydrogens is 318 g/mol. The Kier molecular flexibility index (Phi) is 5.26. The molecule has 0 aliphatic carbocycles. The first kappa shape index (κ1) is 16.5. The van der Waals surface area contributed by atoms with Crippen LogP contribution in [0.4, 0.5) is 10.6 Å². The van der Waals surface area contributed by atoms with Crippen LogP contribution in [0.25, 0.3) is 0 Å². The highest BCUT2D eigenvalue weighted by Gasteiger charge is 2.08. The van der Waals surface area contributed by atoms with Crippen LogP contribution in [0.1, 0.15) is 11.1 Å². The number of methoxy groups -OCH3 is 1. The number of pyridine rings is 1. The molecule has 0 aliphatic heterocycles. The maximum Gasteiger partial charge on any atom is 0.320 e. The zero-order valence-electron chi connectivity index (χ0n) is 13.8. The third kappa shape index (κ3) is 4.57. The normalized spacial score (nSPS) is 10.3. The van der Waals surface area contributed by atoms with Crippen LogP contribution in [0, 0.1) is 0 Å². The number of aromatic nitrogens is 3. The van der Waals surface area contributed by atoms with E-state index in [1.807, 2.05) is 36.4 Å². The summed E-state index contributed by atoms with van der Waals surface area (Å²) < 4.78 is 6.81. The summed E-state index contributed by atoms with van der Waals surface area (Å²) in [6.07, 6.45) is 3.30. The molecule has 25 heavy (non-hydrogen) atoms. The van der Waals surface area contributed by atoms with Crippen LogP contribution in [0.5, 0.6) is 5.88 Å². The number of amides is 2. The standard InChI is InChI=1S/C18H19N5O2/c1-25-17-11-15(7-9-19-17)12-20-18(24)22-16-8-10-21-23(16)13-14-5-3-2-4-6-14/h2-11H,12-13H2,1H3,(H2,20,22,24). The van der Waals surface area contributed by atoms with Gasteiger partial charge in [0.15, 0.2) is 0 Å². The average molecular weight is 337 g/mol. The van der Waals surface area contributed by atoms with Crippen molar-refractivity contribution in [3.05, 3.63) is 72.1 Å². The Balaban J connectivity index is 1.57. The maximum absolute atomic E-state index is 12.1. The number of ether oxygens (including phenoxy) is 1. The quantitative estimate of drug-likeness (QED) is 0.724. The summed E-state index contributed by atoms with van der Waals surface area (Å²) in [5, 5.41) is 9.87. The highest BCUT2D eigenvalue weighted by Crippen LogP contribution is 2.11. The first-order valence-electron chi connectivity index (χ1n) is 7.84. The number of rotatable bonds is 6. The summed E-state index contributed by atoms with van der Waals surface area (Å²) in [5.74, 6) is 1.15. The van der Waals surface area contributed by atoms with E-state index in [4.69, 9.17) is 4.74 Å². The molecule has 0 fully saturated rings. The Morgan fingerprint density at radius 3 is 2.76 bits per heavy atom. The number of carbonyl (C=O) groups excluding carboxylic acids is 1. The van der Waals surface area contributed by atoms with Crippen molar-refractivity contribution in [2.24, 2.45) is 0 Å². The number of hydrogen-bond donors (Lipinski definition) is 2. The fourth-order valence-corrected chi connectivity index (χ4v) is 2.34. The van der Waals surface area contributed by atoms with Crippen LogP contribution >= 0.6 is 0 Å². The third-order valence-electron chi connectivity index (χ3n) is 3.59. The van der Waals surface area contributed by atoms with Crippen molar-refractivity contribution in [3.63, 3.8) is 0 Å². The Morgan fingerprint density at radius 2 is 1.96 bits per heavy atom. The lowest BCUT2D eigenvalue weighted by Gasteiger charge is -2.10. The molecule has 128 valence electrons. The maximum atomic E-state index is 12.1. The topological polar surface area (TPSA) is 81.1 Å². The Hall–Kier alpha value is -3.35. The van der Waals surface area contributed by atoms with Crippen LogP contribution in [-0.4, -0.2) is 27.9 Å². The van der Waals surface area contributed by atoms with Gasteiger partial charge in [-0.25, -0.2) is 14.5 Å². The molecule has 0 atom stereocenters. The molecule has 0 saturated heterocycles. The number of anilines is 1. The first-order valence-corrected chi connectivity index (χ1v) is 7.84. The summed E-state index contributed by atoms with van der Waals surface area (Å²) in [5.41, 5.74) is 2.01. The molecule has 0 radical (unpaired) electrons. The van der Waals surface area contributed by atoms with Gasteiger partial charge in [-0.1, -0.05) is 30.3 Å². The fraction of sp³-hybridized carbons (Fsp3) is 0.167. The van der Waals surface area contributed by atoms with Crippen molar-refractivity contribution < 1.29 is 9.53 Å². The average Bonchev–Trinajstić information content (AvgIpc) is 3.07. The van der Waals surface area contributed by atoms with Crippen LogP contribution in [0.2, 0.25) is 0 Å². The lowest BCUT2D eigenvalue weighted by Crippen LogP contribution is -2.29.